The lowest BCUT2D eigenvalue weighted by Crippen LogP contribution is -2.32. The number of carbonyl (C=O) groups excluding carboxylic acids is 1. The molecule has 1 aliphatic carbocycles. The zero-order valence-electron chi connectivity index (χ0n) is 10.5. The van der Waals surface area contributed by atoms with E-state index >= 15 is 0 Å². The van der Waals surface area contributed by atoms with E-state index < -0.39 is 0 Å². The first-order chi connectivity index (χ1) is 8.15. The topological polar surface area (TPSA) is 41.1 Å². The van der Waals surface area contributed by atoms with Gasteiger partial charge in [-0.05, 0) is 38.8 Å². The molecular weight excluding hydrogens is 212 g/mol. The molecule has 2 N–H and O–H groups in total. The first-order valence-corrected chi connectivity index (χ1v) is 6.25. The van der Waals surface area contributed by atoms with E-state index in [-0.39, 0.29) is 5.91 Å². The maximum Gasteiger partial charge on any atom is 0.251 e. The lowest BCUT2D eigenvalue weighted by molar-refractivity contribution is 0.0953. The molecule has 1 amide bonds. The molecule has 1 aromatic carbocycles. The van der Waals surface area contributed by atoms with Crippen LogP contribution in [0.4, 0.5) is 0 Å². The number of amides is 1. The SMILES string of the molecule is Cc1cc(C)cc(C(=O)NCCNC2CC2)c1. The van der Waals surface area contributed by atoms with Crippen LogP contribution >= 0.6 is 0 Å². The van der Waals surface area contributed by atoms with Crippen molar-refractivity contribution < 1.29 is 4.79 Å². The molecule has 3 heteroatoms. The molecule has 0 bridgehead atoms. The van der Waals surface area contributed by atoms with Crippen molar-refractivity contribution in [3.05, 3.63) is 34.9 Å². The molecule has 92 valence electrons. The Bertz CT molecular complexity index is 390. The number of hydrogen-bond acceptors (Lipinski definition) is 2. The van der Waals surface area contributed by atoms with Crippen molar-refractivity contribution in [2.75, 3.05) is 13.1 Å². The van der Waals surface area contributed by atoms with Crippen LogP contribution in [0.15, 0.2) is 18.2 Å². The minimum Gasteiger partial charge on any atom is -0.351 e. The summed E-state index contributed by atoms with van der Waals surface area (Å²) in [6.45, 7) is 5.58. The van der Waals surface area contributed by atoms with Gasteiger partial charge in [-0.15, -0.1) is 0 Å². The first-order valence-electron chi connectivity index (χ1n) is 6.25. The lowest BCUT2D eigenvalue weighted by atomic mass is 10.1. The smallest absolute Gasteiger partial charge is 0.251 e. The van der Waals surface area contributed by atoms with Crippen LogP contribution < -0.4 is 10.6 Å². The molecule has 0 atom stereocenters. The third-order valence-corrected chi connectivity index (χ3v) is 2.90. The fraction of sp³-hybridized carbons (Fsp3) is 0.500. The number of carbonyl (C=O) groups is 1. The third kappa shape index (κ3) is 3.86. The molecule has 1 aliphatic rings. The highest BCUT2D eigenvalue weighted by Crippen LogP contribution is 2.17. The first kappa shape index (κ1) is 12.1. The molecule has 3 nitrogen and oxygen atoms in total. The molecule has 1 fully saturated rings. The number of benzene rings is 1. The summed E-state index contributed by atoms with van der Waals surface area (Å²) in [6, 6.07) is 6.63. The van der Waals surface area contributed by atoms with Crippen molar-refractivity contribution in [3.63, 3.8) is 0 Å². The average Bonchev–Trinajstić information content (AvgIpc) is 3.06. The summed E-state index contributed by atoms with van der Waals surface area (Å²) in [5.41, 5.74) is 3.02. The van der Waals surface area contributed by atoms with Crippen molar-refractivity contribution >= 4 is 5.91 Å². The van der Waals surface area contributed by atoms with E-state index in [1.54, 1.807) is 0 Å². The zero-order valence-corrected chi connectivity index (χ0v) is 10.5. The molecule has 0 unspecified atom stereocenters. The fourth-order valence-corrected chi connectivity index (χ4v) is 1.95. The van der Waals surface area contributed by atoms with Crippen LogP contribution in [-0.4, -0.2) is 25.0 Å². The summed E-state index contributed by atoms with van der Waals surface area (Å²) in [5, 5.41) is 6.31. The lowest BCUT2D eigenvalue weighted by Gasteiger charge is -2.07. The van der Waals surface area contributed by atoms with Crippen molar-refractivity contribution in [2.24, 2.45) is 0 Å². The Hall–Kier alpha value is -1.35. The average molecular weight is 232 g/mol. The van der Waals surface area contributed by atoms with Crippen molar-refractivity contribution in [1.29, 1.82) is 0 Å². The van der Waals surface area contributed by atoms with Gasteiger partial charge in [-0.2, -0.15) is 0 Å². The highest BCUT2D eigenvalue weighted by Gasteiger charge is 2.19. The molecule has 2 rings (SSSR count). The van der Waals surface area contributed by atoms with Crippen LogP contribution in [0.25, 0.3) is 0 Å². The third-order valence-electron chi connectivity index (χ3n) is 2.90. The fourth-order valence-electron chi connectivity index (χ4n) is 1.95. The standard InChI is InChI=1S/C14H20N2O/c1-10-7-11(2)9-12(8-10)14(17)16-6-5-15-13-3-4-13/h7-9,13,15H,3-6H2,1-2H3,(H,16,17). The van der Waals surface area contributed by atoms with Crippen molar-refractivity contribution in [1.82, 2.24) is 10.6 Å². The summed E-state index contributed by atoms with van der Waals surface area (Å²) in [6.07, 6.45) is 2.57. The minimum atomic E-state index is 0.0226. The van der Waals surface area contributed by atoms with E-state index in [1.807, 2.05) is 26.0 Å². The number of nitrogens with one attached hydrogen (secondary N) is 2. The Balaban J connectivity index is 1.80. The Labute approximate surface area is 103 Å². The summed E-state index contributed by atoms with van der Waals surface area (Å²) < 4.78 is 0. The molecule has 0 aliphatic heterocycles. The van der Waals surface area contributed by atoms with E-state index in [1.165, 1.54) is 12.8 Å². The molecule has 1 aromatic rings. The number of aryl methyl sites for hydroxylation is 2. The van der Waals surface area contributed by atoms with Gasteiger partial charge in [-0.3, -0.25) is 4.79 Å². The van der Waals surface area contributed by atoms with Crippen LogP contribution in [0, 0.1) is 13.8 Å². The molecular formula is C14H20N2O. The van der Waals surface area contributed by atoms with Crippen LogP contribution in [0.2, 0.25) is 0 Å². The predicted molar refractivity (Wildman–Crippen MR) is 69.3 cm³/mol. The summed E-state index contributed by atoms with van der Waals surface area (Å²) in [4.78, 5) is 11.9. The van der Waals surface area contributed by atoms with Gasteiger partial charge in [-0.1, -0.05) is 17.2 Å². The molecule has 0 heterocycles. The second-order valence-corrected chi connectivity index (χ2v) is 4.86. The van der Waals surface area contributed by atoms with Crippen LogP contribution in [-0.2, 0) is 0 Å². The highest BCUT2D eigenvalue weighted by atomic mass is 16.1. The zero-order chi connectivity index (χ0) is 12.3. The number of hydrogen-bond donors (Lipinski definition) is 2. The maximum absolute atomic E-state index is 11.9. The van der Waals surface area contributed by atoms with E-state index in [4.69, 9.17) is 0 Å². The second-order valence-electron chi connectivity index (χ2n) is 4.86. The van der Waals surface area contributed by atoms with E-state index in [0.29, 0.717) is 12.6 Å². The van der Waals surface area contributed by atoms with Gasteiger partial charge in [0, 0.05) is 24.7 Å². The van der Waals surface area contributed by atoms with Crippen LogP contribution in [0.5, 0.6) is 0 Å². The molecule has 17 heavy (non-hydrogen) atoms. The molecule has 0 saturated heterocycles. The van der Waals surface area contributed by atoms with E-state index in [2.05, 4.69) is 16.7 Å². The Morgan fingerprint density at radius 2 is 1.82 bits per heavy atom. The summed E-state index contributed by atoms with van der Waals surface area (Å²) in [7, 11) is 0. The molecule has 0 aromatic heterocycles. The van der Waals surface area contributed by atoms with Gasteiger partial charge in [0.15, 0.2) is 0 Å². The predicted octanol–water partition coefficient (Wildman–Crippen LogP) is 1.79. The summed E-state index contributed by atoms with van der Waals surface area (Å²) >= 11 is 0. The molecule has 0 spiro atoms. The normalized spacial score (nSPS) is 14.7. The monoisotopic (exact) mass is 232 g/mol. The molecule has 0 radical (unpaired) electrons. The Morgan fingerprint density at radius 3 is 2.41 bits per heavy atom. The largest absolute Gasteiger partial charge is 0.351 e. The Morgan fingerprint density at radius 1 is 1.18 bits per heavy atom. The van der Waals surface area contributed by atoms with Gasteiger partial charge in [0.2, 0.25) is 0 Å². The Kier molecular flexibility index (Phi) is 3.79. The van der Waals surface area contributed by atoms with E-state index in [0.717, 1.165) is 23.2 Å². The van der Waals surface area contributed by atoms with Gasteiger partial charge < -0.3 is 10.6 Å². The van der Waals surface area contributed by atoms with Gasteiger partial charge in [-0.25, -0.2) is 0 Å². The maximum atomic E-state index is 11.9. The molecule has 1 saturated carbocycles. The van der Waals surface area contributed by atoms with Crippen molar-refractivity contribution in [3.8, 4) is 0 Å². The van der Waals surface area contributed by atoms with Gasteiger partial charge in [0.25, 0.3) is 5.91 Å². The van der Waals surface area contributed by atoms with E-state index in [9.17, 15) is 4.79 Å². The minimum absolute atomic E-state index is 0.0226. The van der Waals surface area contributed by atoms with Crippen LogP contribution in [0.3, 0.4) is 0 Å². The van der Waals surface area contributed by atoms with Gasteiger partial charge in [0.1, 0.15) is 0 Å². The summed E-state index contributed by atoms with van der Waals surface area (Å²) in [5.74, 6) is 0.0226. The van der Waals surface area contributed by atoms with Crippen molar-refractivity contribution in [2.45, 2.75) is 32.7 Å². The second kappa shape index (κ2) is 5.32. The highest BCUT2D eigenvalue weighted by molar-refractivity contribution is 5.94. The van der Waals surface area contributed by atoms with Gasteiger partial charge in [0.05, 0.1) is 0 Å². The number of rotatable bonds is 5. The van der Waals surface area contributed by atoms with Crippen LogP contribution in [0.1, 0.15) is 34.3 Å². The quantitative estimate of drug-likeness (QED) is 0.760. The van der Waals surface area contributed by atoms with Gasteiger partial charge >= 0.3 is 0 Å².